The number of rotatable bonds is 4. The zero-order valence-corrected chi connectivity index (χ0v) is 13.8. The quantitative estimate of drug-likeness (QED) is 0.720. The van der Waals surface area contributed by atoms with Gasteiger partial charge in [0.1, 0.15) is 5.16 Å². The van der Waals surface area contributed by atoms with Gasteiger partial charge in [0.2, 0.25) is 0 Å². The molecule has 0 radical (unpaired) electrons. The topological polar surface area (TPSA) is 70.6 Å². The Kier molecular flexibility index (Phi) is 3.80. The van der Waals surface area contributed by atoms with Gasteiger partial charge in [-0.15, -0.1) is 4.68 Å². The molecule has 126 valence electrons. The summed E-state index contributed by atoms with van der Waals surface area (Å²) >= 11 is 0. The van der Waals surface area contributed by atoms with Crippen molar-refractivity contribution in [2.75, 3.05) is 13.1 Å². The van der Waals surface area contributed by atoms with Crippen molar-refractivity contribution in [3.05, 3.63) is 35.6 Å². The monoisotopic (exact) mass is 330 g/mol. The molecule has 0 aliphatic carbocycles. The van der Waals surface area contributed by atoms with Crippen LogP contribution in [0.2, 0.25) is 0 Å². The number of benzene rings is 1. The number of para-hydroxylation sites is 1. The van der Waals surface area contributed by atoms with Crippen molar-refractivity contribution in [1.29, 1.82) is 0 Å². The van der Waals surface area contributed by atoms with Crippen molar-refractivity contribution in [2.45, 2.75) is 32.6 Å². The van der Waals surface area contributed by atoms with Gasteiger partial charge in [-0.05, 0) is 48.5 Å². The van der Waals surface area contributed by atoms with Gasteiger partial charge in [0.05, 0.1) is 5.69 Å². The van der Waals surface area contributed by atoms with E-state index in [9.17, 15) is 4.39 Å². The fourth-order valence-electron chi connectivity index (χ4n) is 3.34. The summed E-state index contributed by atoms with van der Waals surface area (Å²) in [6.45, 7) is 6.14. The number of nitrogens with zero attached hydrogens (tertiary/aromatic N) is 3. The summed E-state index contributed by atoms with van der Waals surface area (Å²) in [6, 6.07) is 5.07. The van der Waals surface area contributed by atoms with Crippen LogP contribution in [0.1, 0.15) is 37.8 Å². The van der Waals surface area contributed by atoms with Crippen LogP contribution in [-0.2, 0) is 6.42 Å². The Balaban J connectivity index is 1.75. The molecule has 2 N–H and O–H groups in total. The third kappa shape index (κ3) is 2.58. The molecule has 1 aliphatic heterocycles. The minimum absolute atomic E-state index is 0.228. The minimum Gasteiger partial charge on any atom is -0.316 e. The Hall–Kier alpha value is -2.28. The number of hydrogen-bond donors (Lipinski definition) is 2. The lowest BCUT2D eigenvalue weighted by molar-refractivity contribution is -0.639. The zero-order chi connectivity index (χ0) is 16.7. The Morgan fingerprint density at radius 2 is 2.29 bits per heavy atom. The van der Waals surface area contributed by atoms with E-state index in [2.05, 4.69) is 34.4 Å². The first-order valence-electron chi connectivity index (χ1n) is 8.39. The second-order valence-electron chi connectivity index (χ2n) is 6.70. The lowest BCUT2D eigenvalue weighted by atomic mass is 10.1. The average Bonchev–Trinajstić information content (AvgIpc) is 3.26. The maximum Gasteiger partial charge on any atom is 0.497 e. The third-order valence-electron chi connectivity index (χ3n) is 4.59. The molecule has 0 amide bonds. The van der Waals surface area contributed by atoms with E-state index in [1.54, 1.807) is 10.7 Å². The summed E-state index contributed by atoms with van der Waals surface area (Å²) < 4.78 is 21.4. The fourth-order valence-corrected chi connectivity index (χ4v) is 3.34. The highest BCUT2D eigenvalue weighted by molar-refractivity contribution is 5.79. The molecular weight excluding hydrogens is 309 g/mol. The lowest BCUT2D eigenvalue weighted by Gasteiger charge is -1.99. The summed E-state index contributed by atoms with van der Waals surface area (Å²) in [6.07, 6.45) is 1.86. The standard InChI is InChI=1S/C17H20FN5O/c1-10(2)15-12-4-3-5-13(18)16(12)23(21-15)17-20-14(24-22-17)8-11-6-7-19-9-11/h3-5,10-11,19H,6-9H2,1-2H3/p+1/t11-/m0/s1. The molecule has 4 rings (SSSR count). The minimum atomic E-state index is -0.304. The smallest absolute Gasteiger partial charge is 0.316 e. The first kappa shape index (κ1) is 15.3. The van der Waals surface area contributed by atoms with E-state index in [-0.39, 0.29) is 11.7 Å². The predicted octanol–water partition coefficient (Wildman–Crippen LogP) is 2.24. The van der Waals surface area contributed by atoms with Gasteiger partial charge in [-0.3, -0.25) is 4.52 Å². The number of aromatic amines is 1. The maximum atomic E-state index is 14.4. The Bertz CT molecular complexity index is 863. The Morgan fingerprint density at radius 1 is 1.42 bits per heavy atom. The van der Waals surface area contributed by atoms with Gasteiger partial charge in [0.25, 0.3) is 0 Å². The molecule has 0 bridgehead atoms. The van der Waals surface area contributed by atoms with E-state index >= 15 is 0 Å². The van der Waals surface area contributed by atoms with Gasteiger partial charge >= 0.3 is 11.8 Å². The number of aromatic nitrogens is 4. The molecule has 24 heavy (non-hydrogen) atoms. The van der Waals surface area contributed by atoms with Crippen LogP contribution in [0.5, 0.6) is 0 Å². The lowest BCUT2D eigenvalue weighted by Crippen LogP contribution is -2.35. The largest absolute Gasteiger partial charge is 0.497 e. The molecule has 0 unspecified atom stereocenters. The predicted molar refractivity (Wildman–Crippen MR) is 86.4 cm³/mol. The van der Waals surface area contributed by atoms with Crippen LogP contribution in [0, 0.1) is 11.7 Å². The normalized spacial score (nSPS) is 18.1. The summed E-state index contributed by atoms with van der Waals surface area (Å²) in [7, 11) is 0. The number of H-pyrrole nitrogens is 1. The van der Waals surface area contributed by atoms with Gasteiger partial charge in [0.15, 0.2) is 11.3 Å². The van der Waals surface area contributed by atoms with Gasteiger partial charge < -0.3 is 5.32 Å². The van der Waals surface area contributed by atoms with Gasteiger partial charge in [-0.2, -0.15) is 0 Å². The highest BCUT2D eigenvalue weighted by Crippen LogP contribution is 2.24. The maximum absolute atomic E-state index is 14.4. The molecule has 1 atom stereocenters. The highest BCUT2D eigenvalue weighted by atomic mass is 19.1. The van der Waals surface area contributed by atoms with Gasteiger partial charge in [-0.25, -0.2) is 9.49 Å². The van der Waals surface area contributed by atoms with E-state index in [0.29, 0.717) is 23.3 Å². The summed E-state index contributed by atoms with van der Waals surface area (Å²) in [5.74, 6) is 1.38. The Labute approximate surface area is 139 Å². The number of nitrogens with one attached hydrogen (secondary N) is 2. The van der Waals surface area contributed by atoms with Crippen LogP contribution < -0.4 is 10.00 Å². The second-order valence-corrected chi connectivity index (χ2v) is 6.70. The van der Waals surface area contributed by atoms with Crippen LogP contribution in [0.4, 0.5) is 4.39 Å². The number of halogens is 1. The van der Waals surface area contributed by atoms with Crippen molar-refractivity contribution in [2.24, 2.45) is 5.92 Å². The third-order valence-corrected chi connectivity index (χ3v) is 4.59. The fraction of sp³-hybridized carbons (Fsp3) is 0.471. The van der Waals surface area contributed by atoms with Crippen molar-refractivity contribution >= 4 is 10.9 Å². The van der Waals surface area contributed by atoms with Gasteiger partial charge in [-0.1, -0.05) is 19.9 Å². The van der Waals surface area contributed by atoms with E-state index in [1.807, 2.05) is 6.07 Å². The van der Waals surface area contributed by atoms with Crippen molar-refractivity contribution < 1.29 is 13.6 Å². The van der Waals surface area contributed by atoms with E-state index in [0.717, 1.165) is 37.0 Å². The molecule has 1 aliphatic rings. The van der Waals surface area contributed by atoms with Crippen LogP contribution in [-0.4, -0.2) is 28.3 Å². The zero-order valence-electron chi connectivity index (χ0n) is 13.8. The summed E-state index contributed by atoms with van der Waals surface area (Å²) in [5.41, 5.74) is 1.41. The van der Waals surface area contributed by atoms with Crippen LogP contribution in [0.15, 0.2) is 22.7 Å². The Morgan fingerprint density at radius 3 is 3.04 bits per heavy atom. The number of hydrogen-bond acceptors (Lipinski definition) is 4. The summed E-state index contributed by atoms with van der Waals surface area (Å²) in [5, 5.41) is 11.5. The molecule has 0 saturated carbocycles. The molecule has 3 heterocycles. The molecule has 7 heteroatoms. The molecule has 1 fully saturated rings. The van der Waals surface area contributed by atoms with E-state index < -0.39 is 0 Å². The molecule has 3 aromatic rings. The molecule has 6 nitrogen and oxygen atoms in total. The van der Waals surface area contributed by atoms with Crippen molar-refractivity contribution in [3.8, 4) is 5.95 Å². The molecule has 0 spiro atoms. The van der Waals surface area contributed by atoms with Crippen LogP contribution in [0.3, 0.4) is 0 Å². The number of fused-ring (bicyclic) bond motifs is 1. The highest BCUT2D eigenvalue weighted by Gasteiger charge is 2.28. The molecular formula is C17H21FN5O+. The van der Waals surface area contributed by atoms with Crippen molar-refractivity contribution in [1.82, 2.24) is 20.6 Å². The summed E-state index contributed by atoms with van der Waals surface area (Å²) in [4.78, 5) is 4.47. The van der Waals surface area contributed by atoms with Crippen LogP contribution in [0.25, 0.3) is 16.9 Å². The average molecular weight is 330 g/mol. The van der Waals surface area contributed by atoms with Crippen LogP contribution >= 0.6 is 0 Å². The molecule has 1 saturated heterocycles. The molecule has 1 aromatic carbocycles. The van der Waals surface area contributed by atoms with E-state index in [4.69, 9.17) is 4.52 Å². The first-order valence-corrected chi connectivity index (χ1v) is 8.39. The van der Waals surface area contributed by atoms with Gasteiger partial charge in [0, 0.05) is 11.8 Å². The van der Waals surface area contributed by atoms with E-state index in [1.165, 1.54) is 6.07 Å². The SMILES string of the molecule is CC(C)c1[nH][n+](-c2noc(C[C@@H]3CCNC3)n2)c2c(F)cccc12. The van der Waals surface area contributed by atoms with Crippen molar-refractivity contribution in [3.63, 3.8) is 0 Å². The first-order chi connectivity index (χ1) is 11.6. The molecule has 2 aromatic heterocycles. The second kappa shape index (κ2) is 5.98.